The molecule has 0 saturated heterocycles. The summed E-state index contributed by atoms with van der Waals surface area (Å²) in [4.78, 5) is 17.7. The molecule has 36 heavy (non-hydrogen) atoms. The van der Waals surface area contributed by atoms with Crippen LogP contribution in [0.15, 0.2) is 59.8 Å². The number of pyridine rings is 1. The topological polar surface area (TPSA) is 106 Å². The third-order valence-electron chi connectivity index (χ3n) is 5.79. The van der Waals surface area contributed by atoms with E-state index >= 15 is 4.39 Å². The number of amides is 1. The molecular formula is C26H25F2N5O2S. The van der Waals surface area contributed by atoms with Crippen LogP contribution >= 0.6 is 11.8 Å². The van der Waals surface area contributed by atoms with Crippen molar-refractivity contribution in [1.82, 2.24) is 20.1 Å². The number of aliphatic hydroxyl groups is 1. The first kappa shape index (κ1) is 25.3. The van der Waals surface area contributed by atoms with Crippen LogP contribution in [0.3, 0.4) is 0 Å². The normalized spacial score (nSPS) is 11.9. The maximum atomic E-state index is 15.1. The van der Waals surface area contributed by atoms with Crippen molar-refractivity contribution < 1.29 is 18.7 Å². The van der Waals surface area contributed by atoms with E-state index in [2.05, 4.69) is 15.4 Å². The van der Waals surface area contributed by atoms with Gasteiger partial charge in [0.25, 0.3) is 5.91 Å². The Morgan fingerprint density at radius 1 is 1.17 bits per heavy atom. The summed E-state index contributed by atoms with van der Waals surface area (Å²) in [5.41, 5.74) is 9.67. The molecule has 4 N–H and O–H groups in total. The monoisotopic (exact) mass is 509 g/mol. The Hall–Kier alpha value is -3.76. The minimum absolute atomic E-state index is 0.216. The number of halogens is 2. The number of anilines is 1. The van der Waals surface area contributed by atoms with Crippen molar-refractivity contribution in [3.05, 3.63) is 83.3 Å². The van der Waals surface area contributed by atoms with Crippen LogP contribution in [0.4, 0.5) is 14.6 Å². The highest BCUT2D eigenvalue weighted by Gasteiger charge is 2.20. The van der Waals surface area contributed by atoms with E-state index in [1.165, 1.54) is 36.0 Å². The lowest BCUT2D eigenvalue weighted by molar-refractivity contribution is 0.0912. The van der Waals surface area contributed by atoms with Crippen LogP contribution in [0.5, 0.6) is 0 Å². The van der Waals surface area contributed by atoms with E-state index in [0.717, 1.165) is 16.8 Å². The molecule has 4 rings (SSSR count). The Kier molecular flexibility index (Phi) is 7.37. The zero-order chi connectivity index (χ0) is 26.0. The molecule has 0 aliphatic heterocycles. The lowest BCUT2D eigenvalue weighted by atomic mass is 9.99. The molecule has 1 unspecified atom stereocenters. The van der Waals surface area contributed by atoms with Gasteiger partial charge in [-0.15, -0.1) is 11.8 Å². The number of nitrogens with one attached hydrogen (secondary N) is 1. The number of nitrogens with zero attached hydrogens (tertiary/aromatic N) is 3. The number of aryl methyl sites for hydroxylation is 2. The van der Waals surface area contributed by atoms with Gasteiger partial charge in [0.1, 0.15) is 17.5 Å². The number of aliphatic hydroxyl groups excluding tert-OH is 1. The fraction of sp³-hybridized carbons (Fsp3) is 0.192. The van der Waals surface area contributed by atoms with Crippen LogP contribution in [0.25, 0.3) is 22.3 Å². The third kappa shape index (κ3) is 5.24. The van der Waals surface area contributed by atoms with Gasteiger partial charge in [0.2, 0.25) is 0 Å². The maximum absolute atomic E-state index is 15.1. The minimum atomic E-state index is -0.905. The molecule has 0 aliphatic carbocycles. The summed E-state index contributed by atoms with van der Waals surface area (Å²) in [6.45, 7) is 1.40. The van der Waals surface area contributed by atoms with Crippen LogP contribution in [0, 0.1) is 18.6 Å². The molecule has 0 spiro atoms. The number of carbonyl (C=O) groups is 1. The van der Waals surface area contributed by atoms with Crippen molar-refractivity contribution in [2.45, 2.75) is 17.9 Å². The summed E-state index contributed by atoms with van der Waals surface area (Å²) < 4.78 is 30.7. The highest BCUT2D eigenvalue weighted by atomic mass is 32.2. The summed E-state index contributed by atoms with van der Waals surface area (Å²) in [5.74, 6) is -1.78. The standard InChI is InChI=1S/C26H25F2N5O2S/c1-14-22(12-33(2)32-14)17-8-21(25(29)30-11-17)15-4-5-20(23(28)9-15)26(35)31-24(13-34)16-6-18(27)10-19(7-16)36-3/h4-12,24,34H,13H2,1-3H3,(H2,29,30)(H,31,35). The van der Waals surface area contributed by atoms with E-state index in [9.17, 15) is 14.3 Å². The summed E-state index contributed by atoms with van der Waals surface area (Å²) in [7, 11) is 1.82. The molecule has 0 fully saturated rings. The first-order valence-electron chi connectivity index (χ1n) is 11.0. The molecule has 4 aromatic rings. The molecule has 1 atom stereocenters. The quantitative estimate of drug-likeness (QED) is 0.317. The average molecular weight is 510 g/mol. The Balaban J connectivity index is 1.61. The molecular weight excluding hydrogens is 484 g/mol. The van der Waals surface area contributed by atoms with E-state index in [4.69, 9.17) is 5.73 Å². The molecule has 2 aromatic heterocycles. The number of hydrogen-bond acceptors (Lipinski definition) is 6. The highest BCUT2D eigenvalue weighted by Crippen LogP contribution is 2.32. The highest BCUT2D eigenvalue weighted by molar-refractivity contribution is 7.98. The van der Waals surface area contributed by atoms with Gasteiger partial charge in [-0.3, -0.25) is 9.48 Å². The Labute approximate surface area is 211 Å². The van der Waals surface area contributed by atoms with Gasteiger partial charge in [0.15, 0.2) is 0 Å². The van der Waals surface area contributed by atoms with E-state index < -0.39 is 30.2 Å². The smallest absolute Gasteiger partial charge is 0.254 e. The number of nitrogens with two attached hydrogens (primary N) is 1. The predicted molar refractivity (Wildman–Crippen MR) is 136 cm³/mol. The number of rotatable bonds is 7. The van der Waals surface area contributed by atoms with Crippen molar-refractivity contribution >= 4 is 23.5 Å². The van der Waals surface area contributed by atoms with Gasteiger partial charge in [0.05, 0.1) is 23.9 Å². The van der Waals surface area contributed by atoms with Crippen molar-refractivity contribution in [3.63, 3.8) is 0 Å². The van der Waals surface area contributed by atoms with E-state index in [1.807, 2.05) is 20.2 Å². The predicted octanol–water partition coefficient (Wildman–Crippen LogP) is 4.50. The van der Waals surface area contributed by atoms with Gasteiger partial charge in [0, 0.05) is 41.0 Å². The van der Waals surface area contributed by atoms with Gasteiger partial charge in [-0.25, -0.2) is 13.8 Å². The van der Waals surface area contributed by atoms with Crippen molar-refractivity contribution in [3.8, 4) is 22.3 Å². The van der Waals surface area contributed by atoms with Crippen molar-refractivity contribution in [2.24, 2.45) is 7.05 Å². The van der Waals surface area contributed by atoms with Gasteiger partial charge in [-0.2, -0.15) is 5.10 Å². The Bertz CT molecular complexity index is 1440. The molecule has 1 amide bonds. The molecule has 0 radical (unpaired) electrons. The third-order valence-corrected chi connectivity index (χ3v) is 6.49. The molecule has 10 heteroatoms. The molecule has 2 aromatic carbocycles. The molecule has 0 aliphatic rings. The van der Waals surface area contributed by atoms with E-state index in [1.54, 1.807) is 35.3 Å². The largest absolute Gasteiger partial charge is 0.394 e. The number of carbonyl (C=O) groups excluding carboxylic acids is 1. The second kappa shape index (κ2) is 10.5. The Morgan fingerprint density at radius 3 is 2.58 bits per heavy atom. The Morgan fingerprint density at radius 2 is 1.94 bits per heavy atom. The molecule has 0 bridgehead atoms. The fourth-order valence-electron chi connectivity index (χ4n) is 3.98. The summed E-state index contributed by atoms with van der Waals surface area (Å²) in [6.07, 6.45) is 5.28. The number of benzene rings is 2. The van der Waals surface area contributed by atoms with E-state index in [0.29, 0.717) is 21.6 Å². The first-order chi connectivity index (χ1) is 17.2. The first-order valence-corrected chi connectivity index (χ1v) is 12.2. The van der Waals surface area contributed by atoms with Crippen LogP contribution in [0.1, 0.15) is 27.7 Å². The maximum Gasteiger partial charge on any atom is 0.254 e. The molecule has 2 heterocycles. The van der Waals surface area contributed by atoms with Crippen LogP contribution in [-0.2, 0) is 7.05 Å². The van der Waals surface area contributed by atoms with Gasteiger partial charge in [-0.1, -0.05) is 6.07 Å². The second-order valence-corrected chi connectivity index (χ2v) is 9.17. The van der Waals surface area contributed by atoms with Crippen LogP contribution < -0.4 is 11.1 Å². The van der Waals surface area contributed by atoms with Crippen LogP contribution in [0.2, 0.25) is 0 Å². The van der Waals surface area contributed by atoms with Crippen molar-refractivity contribution in [1.29, 1.82) is 0 Å². The number of nitrogen functional groups attached to an aromatic ring is 1. The second-order valence-electron chi connectivity index (χ2n) is 8.29. The number of thioether (sulfide) groups is 1. The molecule has 186 valence electrons. The van der Waals surface area contributed by atoms with Crippen LogP contribution in [-0.4, -0.2) is 38.6 Å². The minimum Gasteiger partial charge on any atom is -0.394 e. The van der Waals surface area contributed by atoms with Gasteiger partial charge >= 0.3 is 0 Å². The molecule has 0 saturated carbocycles. The summed E-state index contributed by atoms with van der Waals surface area (Å²) >= 11 is 1.33. The van der Waals surface area contributed by atoms with E-state index in [-0.39, 0.29) is 11.4 Å². The zero-order valence-corrected chi connectivity index (χ0v) is 20.7. The lowest BCUT2D eigenvalue weighted by Gasteiger charge is -2.18. The number of aromatic nitrogens is 3. The zero-order valence-electron chi connectivity index (χ0n) is 19.9. The lowest BCUT2D eigenvalue weighted by Crippen LogP contribution is -2.31. The van der Waals surface area contributed by atoms with Gasteiger partial charge < -0.3 is 16.2 Å². The average Bonchev–Trinajstić information content (AvgIpc) is 3.19. The summed E-state index contributed by atoms with van der Waals surface area (Å²) in [5, 5.41) is 16.7. The fourth-order valence-corrected chi connectivity index (χ4v) is 4.46. The molecule has 7 nitrogen and oxygen atoms in total. The SMILES string of the molecule is CSc1cc(F)cc(C(CO)NC(=O)c2ccc(-c3cc(-c4cn(C)nc4C)cnc3N)cc2F)c1. The van der Waals surface area contributed by atoms with Crippen molar-refractivity contribution in [2.75, 3.05) is 18.6 Å². The summed E-state index contributed by atoms with van der Waals surface area (Å²) in [6, 6.07) is 9.28. The van der Waals surface area contributed by atoms with Gasteiger partial charge in [-0.05, 0) is 60.7 Å². The number of hydrogen-bond donors (Lipinski definition) is 3.